The predicted octanol–water partition coefficient (Wildman–Crippen LogP) is 3.72. The van der Waals surface area contributed by atoms with Gasteiger partial charge in [-0.3, -0.25) is 9.69 Å². The Morgan fingerprint density at radius 2 is 1.74 bits per heavy atom. The first-order valence-electron chi connectivity index (χ1n) is 12.5. The summed E-state index contributed by atoms with van der Waals surface area (Å²) in [5.41, 5.74) is 2.49. The molecular formula is C26H33N3O5S. The predicted molar refractivity (Wildman–Crippen MR) is 133 cm³/mol. The highest BCUT2D eigenvalue weighted by Gasteiger charge is 2.30. The van der Waals surface area contributed by atoms with Crippen molar-refractivity contribution < 1.29 is 22.7 Å². The minimum atomic E-state index is -3.56. The van der Waals surface area contributed by atoms with Gasteiger partial charge in [0.15, 0.2) is 11.5 Å². The minimum absolute atomic E-state index is 0.128. The van der Waals surface area contributed by atoms with Crippen LogP contribution in [0.25, 0.3) is 0 Å². The number of ether oxygens (including phenoxy) is 2. The standard InChI is InChI=1S/C26H33N3O5S/c1-19-7-9-21(35(31,32)29-12-3-2-4-13-29)17-22(19)27-26(30)18-28-11-5-6-23(28)20-8-10-24-25(16-20)34-15-14-33-24/h7-10,16-17,23H,2-6,11-15,18H2,1H3,(H,27,30). The number of sulfonamides is 1. The van der Waals surface area contributed by atoms with E-state index >= 15 is 0 Å². The molecule has 1 unspecified atom stereocenters. The van der Waals surface area contributed by atoms with Crippen molar-refractivity contribution in [2.24, 2.45) is 0 Å². The average molecular weight is 500 g/mol. The van der Waals surface area contributed by atoms with E-state index in [1.807, 2.05) is 25.1 Å². The summed E-state index contributed by atoms with van der Waals surface area (Å²) in [4.78, 5) is 15.4. The number of piperidine rings is 1. The number of amides is 1. The van der Waals surface area contributed by atoms with Gasteiger partial charge in [0, 0.05) is 24.8 Å². The van der Waals surface area contributed by atoms with Crippen molar-refractivity contribution in [3.63, 3.8) is 0 Å². The molecule has 2 fully saturated rings. The van der Waals surface area contributed by atoms with Crippen LogP contribution in [0.15, 0.2) is 41.3 Å². The highest BCUT2D eigenvalue weighted by atomic mass is 32.2. The van der Waals surface area contributed by atoms with E-state index in [4.69, 9.17) is 9.47 Å². The zero-order chi connectivity index (χ0) is 24.4. The molecular weight excluding hydrogens is 466 g/mol. The largest absolute Gasteiger partial charge is 0.486 e. The van der Waals surface area contributed by atoms with Crippen LogP contribution in [0.5, 0.6) is 11.5 Å². The SMILES string of the molecule is Cc1ccc(S(=O)(=O)N2CCCCC2)cc1NC(=O)CN1CCCC1c1ccc2c(c1)OCCO2. The van der Waals surface area contributed by atoms with Crippen LogP contribution in [0.1, 0.15) is 49.3 Å². The fourth-order valence-electron chi connectivity index (χ4n) is 5.18. The smallest absolute Gasteiger partial charge is 0.243 e. The van der Waals surface area contributed by atoms with E-state index in [0.29, 0.717) is 32.0 Å². The maximum Gasteiger partial charge on any atom is 0.243 e. The number of rotatable bonds is 6. The molecule has 3 aliphatic rings. The zero-order valence-electron chi connectivity index (χ0n) is 20.2. The lowest BCUT2D eigenvalue weighted by atomic mass is 10.0. The monoisotopic (exact) mass is 499 g/mol. The number of hydrogen-bond acceptors (Lipinski definition) is 6. The van der Waals surface area contributed by atoms with E-state index in [0.717, 1.165) is 61.3 Å². The van der Waals surface area contributed by atoms with Crippen molar-refractivity contribution in [2.45, 2.75) is 50.0 Å². The van der Waals surface area contributed by atoms with Crippen LogP contribution in [-0.2, 0) is 14.8 Å². The van der Waals surface area contributed by atoms with Crippen LogP contribution in [0.3, 0.4) is 0 Å². The van der Waals surface area contributed by atoms with Crippen molar-refractivity contribution in [2.75, 3.05) is 44.7 Å². The first-order valence-corrected chi connectivity index (χ1v) is 13.9. The van der Waals surface area contributed by atoms with E-state index in [9.17, 15) is 13.2 Å². The summed E-state index contributed by atoms with van der Waals surface area (Å²) in [5, 5.41) is 2.97. The summed E-state index contributed by atoms with van der Waals surface area (Å²) in [5.74, 6) is 1.37. The van der Waals surface area contributed by atoms with Gasteiger partial charge < -0.3 is 14.8 Å². The fourth-order valence-corrected chi connectivity index (χ4v) is 6.73. The van der Waals surface area contributed by atoms with Gasteiger partial charge in [0.25, 0.3) is 0 Å². The van der Waals surface area contributed by atoms with Crippen molar-refractivity contribution in [1.29, 1.82) is 0 Å². The van der Waals surface area contributed by atoms with E-state index in [2.05, 4.69) is 10.2 Å². The first-order chi connectivity index (χ1) is 16.9. The summed E-state index contributed by atoms with van der Waals surface area (Å²) in [6.07, 6.45) is 4.81. The molecule has 0 bridgehead atoms. The Labute approximate surface area is 207 Å². The second-order valence-electron chi connectivity index (χ2n) is 9.52. The summed E-state index contributed by atoms with van der Waals surface area (Å²) < 4.78 is 39.1. The maximum atomic E-state index is 13.1. The third-order valence-electron chi connectivity index (χ3n) is 7.10. The van der Waals surface area contributed by atoms with E-state index < -0.39 is 10.0 Å². The molecule has 3 heterocycles. The molecule has 0 aromatic heterocycles. The van der Waals surface area contributed by atoms with E-state index in [1.165, 1.54) is 0 Å². The molecule has 9 heteroatoms. The van der Waals surface area contributed by atoms with Gasteiger partial charge in [-0.15, -0.1) is 0 Å². The van der Waals surface area contributed by atoms with Crippen molar-refractivity contribution in [3.8, 4) is 11.5 Å². The van der Waals surface area contributed by atoms with Crippen LogP contribution in [0.2, 0.25) is 0 Å². The van der Waals surface area contributed by atoms with Gasteiger partial charge in [-0.05, 0) is 74.5 Å². The van der Waals surface area contributed by atoms with Gasteiger partial charge in [0.2, 0.25) is 15.9 Å². The van der Waals surface area contributed by atoms with Gasteiger partial charge in [-0.1, -0.05) is 18.6 Å². The van der Waals surface area contributed by atoms with Crippen LogP contribution in [-0.4, -0.2) is 62.9 Å². The number of nitrogens with one attached hydrogen (secondary N) is 1. The zero-order valence-corrected chi connectivity index (χ0v) is 21.0. The summed E-state index contributed by atoms with van der Waals surface area (Å²) in [6, 6.07) is 11.1. The second kappa shape index (κ2) is 10.2. The first kappa shape index (κ1) is 24.1. The number of aryl methyl sites for hydroxylation is 1. The second-order valence-corrected chi connectivity index (χ2v) is 11.5. The van der Waals surface area contributed by atoms with Crippen LogP contribution >= 0.6 is 0 Å². The molecule has 0 aliphatic carbocycles. The Morgan fingerprint density at radius 3 is 2.54 bits per heavy atom. The van der Waals surface area contributed by atoms with E-state index in [1.54, 1.807) is 22.5 Å². The normalized spacial score (nSPS) is 21.1. The van der Waals surface area contributed by atoms with Gasteiger partial charge in [0.1, 0.15) is 13.2 Å². The number of likely N-dealkylation sites (tertiary alicyclic amines) is 1. The molecule has 0 radical (unpaired) electrons. The molecule has 0 spiro atoms. The van der Waals surface area contributed by atoms with Crippen molar-refractivity contribution in [1.82, 2.24) is 9.21 Å². The minimum Gasteiger partial charge on any atom is -0.486 e. The highest BCUT2D eigenvalue weighted by Crippen LogP contribution is 2.38. The number of nitrogens with zero attached hydrogens (tertiary/aromatic N) is 2. The van der Waals surface area contributed by atoms with Gasteiger partial charge >= 0.3 is 0 Å². The molecule has 2 aromatic rings. The van der Waals surface area contributed by atoms with Crippen LogP contribution in [0.4, 0.5) is 5.69 Å². The number of fused-ring (bicyclic) bond motifs is 1. The Kier molecular flexibility index (Phi) is 7.00. The molecule has 2 aromatic carbocycles. The third-order valence-corrected chi connectivity index (χ3v) is 8.99. The molecule has 1 N–H and O–H groups in total. The topological polar surface area (TPSA) is 88.2 Å². The molecule has 8 nitrogen and oxygen atoms in total. The van der Waals surface area contributed by atoms with Crippen LogP contribution in [0, 0.1) is 6.92 Å². The summed E-state index contributed by atoms with van der Waals surface area (Å²) in [6.45, 7) is 5.14. The maximum absolute atomic E-state index is 13.1. The molecule has 1 atom stereocenters. The van der Waals surface area contributed by atoms with Crippen LogP contribution < -0.4 is 14.8 Å². The number of carbonyl (C=O) groups excluding carboxylic acids is 1. The number of hydrogen-bond donors (Lipinski definition) is 1. The quantitative estimate of drug-likeness (QED) is 0.652. The van der Waals surface area contributed by atoms with Gasteiger partial charge in [-0.25, -0.2) is 8.42 Å². The Bertz CT molecular complexity index is 1190. The third kappa shape index (κ3) is 5.17. The Hall–Kier alpha value is -2.62. The molecule has 0 saturated carbocycles. The molecule has 5 rings (SSSR count). The lowest BCUT2D eigenvalue weighted by Gasteiger charge is -2.27. The average Bonchev–Trinajstić information content (AvgIpc) is 3.33. The van der Waals surface area contributed by atoms with E-state index in [-0.39, 0.29) is 23.4 Å². The lowest BCUT2D eigenvalue weighted by molar-refractivity contribution is -0.117. The van der Waals surface area contributed by atoms with Gasteiger partial charge in [0.05, 0.1) is 11.4 Å². The van der Waals surface area contributed by atoms with Crippen molar-refractivity contribution >= 4 is 21.6 Å². The highest BCUT2D eigenvalue weighted by molar-refractivity contribution is 7.89. The molecule has 35 heavy (non-hydrogen) atoms. The van der Waals surface area contributed by atoms with Crippen molar-refractivity contribution in [3.05, 3.63) is 47.5 Å². The Morgan fingerprint density at radius 1 is 0.971 bits per heavy atom. The molecule has 1 amide bonds. The number of anilines is 1. The molecule has 3 aliphatic heterocycles. The number of carbonyl (C=O) groups is 1. The molecule has 2 saturated heterocycles. The Balaban J connectivity index is 1.28. The summed E-state index contributed by atoms with van der Waals surface area (Å²) >= 11 is 0. The summed E-state index contributed by atoms with van der Waals surface area (Å²) in [7, 11) is -3.56. The molecule has 188 valence electrons. The lowest BCUT2D eigenvalue weighted by Crippen LogP contribution is -2.35. The fraction of sp³-hybridized carbons (Fsp3) is 0.500. The van der Waals surface area contributed by atoms with Gasteiger partial charge in [-0.2, -0.15) is 4.31 Å². The number of benzene rings is 2.